The number of anilines is 2. The van der Waals surface area contributed by atoms with E-state index in [2.05, 4.69) is 10.2 Å². The summed E-state index contributed by atoms with van der Waals surface area (Å²) in [6, 6.07) is 5.71. The zero-order chi connectivity index (χ0) is 19.4. The van der Waals surface area contributed by atoms with Gasteiger partial charge in [-0.25, -0.2) is 0 Å². The predicted molar refractivity (Wildman–Crippen MR) is 111 cm³/mol. The molecule has 2 saturated heterocycles. The molecule has 1 N–H and O–H groups in total. The number of amides is 2. The number of likely N-dealkylation sites (tertiary alicyclic amines) is 1. The van der Waals surface area contributed by atoms with Gasteiger partial charge >= 0.3 is 0 Å². The quantitative estimate of drug-likeness (QED) is 0.768. The molecular formula is C21H30ClN3O2. The van der Waals surface area contributed by atoms with Crippen LogP contribution in [0.5, 0.6) is 0 Å². The van der Waals surface area contributed by atoms with Crippen molar-refractivity contribution in [1.29, 1.82) is 0 Å². The summed E-state index contributed by atoms with van der Waals surface area (Å²) in [5.74, 6) is 0.177. The van der Waals surface area contributed by atoms with E-state index in [0.29, 0.717) is 11.3 Å². The topological polar surface area (TPSA) is 52.7 Å². The Labute approximate surface area is 167 Å². The third-order valence-electron chi connectivity index (χ3n) is 5.52. The minimum atomic E-state index is -0.660. The fraction of sp³-hybridized carbons (Fsp3) is 0.619. The van der Waals surface area contributed by atoms with Crippen molar-refractivity contribution >= 4 is 34.8 Å². The van der Waals surface area contributed by atoms with Crippen LogP contribution < -0.4 is 10.2 Å². The lowest BCUT2D eigenvalue weighted by Crippen LogP contribution is -2.37. The second-order valence-electron chi connectivity index (χ2n) is 8.25. The highest BCUT2D eigenvalue weighted by atomic mass is 35.5. The van der Waals surface area contributed by atoms with Crippen LogP contribution in [0.4, 0.5) is 11.4 Å². The van der Waals surface area contributed by atoms with E-state index in [1.165, 1.54) is 6.42 Å². The number of nitrogens with one attached hydrogen (secondary N) is 1. The van der Waals surface area contributed by atoms with Crippen LogP contribution in [0.1, 0.15) is 56.3 Å². The number of hydrogen-bond donors (Lipinski definition) is 1. The Bertz CT molecular complexity index is 693. The van der Waals surface area contributed by atoms with Crippen molar-refractivity contribution in [3.8, 4) is 0 Å². The highest BCUT2D eigenvalue weighted by molar-refractivity contribution is 6.20. The first kappa shape index (κ1) is 20.0. The molecule has 1 aromatic rings. The molecule has 0 spiro atoms. The summed E-state index contributed by atoms with van der Waals surface area (Å²) in [7, 11) is 0. The Kier molecular flexibility index (Phi) is 6.30. The van der Waals surface area contributed by atoms with E-state index in [1.807, 2.05) is 36.9 Å². The number of alkyl halides is 1. The summed E-state index contributed by atoms with van der Waals surface area (Å²) < 4.78 is 0. The van der Waals surface area contributed by atoms with Crippen LogP contribution in [0.25, 0.3) is 0 Å². The number of rotatable bonds is 5. The second kappa shape index (κ2) is 8.51. The molecular weight excluding hydrogens is 362 g/mol. The molecule has 2 aliphatic rings. The molecule has 0 atom stereocenters. The summed E-state index contributed by atoms with van der Waals surface area (Å²) in [6.45, 7) is 7.21. The molecule has 2 fully saturated rings. The van der Waals surface area contributed by atoms with Crippen molar-refractivity contribution in [3.05, 3.63) is 23.8 Å². The first-order valence-electron chi connectivity index (χ1n) is 9.98. The van der Waals surface area contributed by atoms with Gasteiger partial charge in [-0.15, -0.1) is 11.6 Å². The maximum atomic E-state index is 13.2. The number of halogens is 1. The Balaban J connectivity index is 1.89. The standard InChI is InChI=1S/C21H30ClN3O2/c1-21(2,15-22)20(27)23-16-8-9-18(24-10-6-7-11-24)17(14-16)19(26)25-12-4-3-5-13-25/h8-9,14H,3-7,10-13,15H2,1-2H3,(H,23,27). The molecule has 0 radical (unpaired) electrons. The number of carbonyl (C=O) groups excluding carboxylic acids is 2. The normalized spacial score (nSPS) is 17.9. The van der Waals surface area contributed by atoms with Crippen LogP contribution in [0.3, 0.4) is 0 Å². The number of carbonyl (C=O) groups is 2. The van der Waals surface area contributed by atoms with Gasteiger partial charge in [-0.1, -0.05) is 0 Å². The average molecular weight is 392 g/mol. The molecule has 2 amide bonds. The Morgan fingerprint density at radius 3 is 2.30 bits per heavy atom. The lowest BCUT2D eigenvalue weighted by Gasteiger charge is -2.29. The molecule has 1 aromatic carbocycles. The van der Waals surface area contributed by atoms with Crippen molar-refractivity contribution in [2.75, 3.05) is 42.3 Å². The average Bonchev–Trinajstić information content (AvgIpc) is 3.22. The highest BCUT2D eigenvalue weighted by Crippen LogP contribution is 2.30. The molecule has 3 rings (SSSR count). The molecule has 0 unspecified atom stereocenters. The monoisotopic (exact) mass is 391 g/mol. The number of benzene rings is 1. The highest BCUT2D eigenvalue weighted by Gasteiger charge is 2.28. The minimum Gasteiger partial charge on any atom is -0.371 e. The molecule has 5 nitrogen and oxygen atoms in total. The van der Waals surface area contributed by atoms with Crippen LogP contribution in [0, 0.1) is 5.41 Å². The molecule has 0 aliphatic carbocycles. The van der Waals surface area contributed by atoms with Gasteiger partial charge in [0, 0.05) is 43.4 Å². The SMILES string of the molecule is CC(C)(CCl)C(=O)Nc1ccc(N2CCCC2)c(C(=O)N2CCCCC2)c1. The van der Waals surface area contributed by atoms with Gasteiger partial charge in [0.25, 0.3) is 5.91 Å². The van der Waals surface area contributed by atoms with E-state index in [0.717, 1.165) is 57.5 Å². The van der Waals surface area contributed by atoms with Crippen molar-refractivity contribution < 1.29 is 9.59 Å². The van der Waals surface area contributed by atoms with Gasteiger partial charge in [-0.2, -0.15) is 0 Å². The van der Waals surface area contributed by atoms with Gasteiger partial charge in [0.05, 0.1) is 11.0 Å². The smallest absolute Gasteiger partial charge is 0.256 e. The zero-order valence-electron chi connectivity index (χ0n) is 16.4. The fourth-order valence-electron chi connectivity index (χ4n) is 3.65. The van der Waals surface area contributed by atoms with Crippen LogP contribution in [0.2, 0.25) is 0 Å². The number of nitrogens with zero attached hydrogens (tertiary/aromatic N) is 2. The van der Waals surface area contributed by atoms with Gasteiger partial charge in [-0.05, 0) is 64.2 Å². The lowest BCUT2D eigenvalue weighted by molar-refractivity contribution is -0.122. The minimum absolute atomic E-state index is 0.0734. The first-order valence-corrected chi connectivity index (χ1v) is 10.5. The molecule has 2 heterocycles. The summed E-state index contributed by atoms with van der Waals surface area (Å²) in [6.07, 6.45) is 5.61. The summed E-state index contributed by atoms with van der Waals surface area (Å²) in [4.78, 5) is 30.0. The van der Waals surface area contributed by atoms with E-state index in [-0.39, 0.29) is 17.7 Å². The molecule has 0 bridgehead atoms. The van der Waals surface area contributed by atoms with Crippen molar-refractivity contribution in [2.45, 2.75) is 46.0 Å². The van der Waals surface area contributed by atoms with E-state index in [1.54, 1.807) is 0 Å². The van der Waals surface area contributed by atoms with Crippen LogP contribution in [-0.4, -0.2) is 48.8 Å². The molecule has 0 aromatic heterocycles. The van der Waals surface area contributed by atoms with Gasteiger partial charge in [0.1, 0.15) is 0 Å². The van der Waals surface area contributed by atoms with Crippen LogP contribution >= 0.6 is 11.6 Å². The largest absolute Gasteiger partial charge is 0.371 e. The number of piperidine rings is 1. The van der Waals surface area contributed by atoms with Gasteiger partial charge < -0.3 is 15.1 Å². The van der Waals surface area contributed by atoms with Crippen molar-refractivity contribution in [3.63, 3.8) is 0 Å². The van der Waals surface area contributed by atoms with E-state index >= 15 is 0 Å². The maximum Gasteiger partial charge on any atom is 0.256 e. The fourth-order valence-corrected chi connectivity index (χ4v) is 3.77. The summed E-state index contributed by atoms with van der Waals surface area (Å²) in [5.41, 5.74) is 1.67. The van der Waals surface area contributed by atoms with Gasteiger partial charge in [0.15, 0.2) is 0 Å². The second-order valence-corrected chi connectivity index (χ2v) is 8.52. The summed E-state index contributed by atoms with van der Waals surface area (Å²) in [5, 5.41) is 2.94. The zero-order valence-corrected chi connectivity index (χ0v) is 17.1. The van der Waals surface area contributed by atoms with E-state index < -0.39 is 5.41 Å². The molecule has 148 valence electrons. The molecule has 2 aliphatic heterocycles. The van der Waals surface area contributed by atoms with Crippen LogP contribution in [-0.2, 0) is 4.79 Å². The predicted octanol–water partition coefficient (Wildman–Crippen LogP) is 4.12. The third kappa shape index (κ3) is 4.57. The van der Waals surface area contributed by atoms with Gasteiger partial charge in [0.2, 0.25) is 5.91 Å². The van der Waals surface area contributed by atoms with E-state index in [9.17, 15) is 9.59 Å². The Hall–Kier alpha value is -1.75. The molecule has 6 heteroatoms. The first-order chi connectivity index (χ1) is 12.9. The third-order valence-corrected chi connectivity index (χ3v) is 6.19. The number of hydrogen-bond acceptors (Lipinski definition) is 3. The maximum absolute atomic E-state index is 13.2. The van der Waals surface area contributed by atoms with Gasteiger partial charge in [-0.3, -0.25) is 9.59 Å². The molecule has 0 saturated carbocycles. The van der Waals surface area contributed by atoms with Crippen molar-refractivity contribution in [2.24, 2.45) is 5.41 Å². The van der Waals surface area contributed by atoms with E-state index in [4.69, 9.17) is 11.6 Å². The van der Waals surface area contributed by atoms with Crippen LogP contribution in [0.15, 0.2) is 18.2 Å². The lowest BCUT2D eigenvalue weighted by atomic mass is 9.95. The van der Waals surface area contributed by atoms with Crippen molar-refractivity contribution in [1.82, 2.24) is 4.90 Å². The Morgan fingerprint density at radius 1 is 1.04 bits per heavy atom. The Morgan fingerprint density at radius 2 is 1.67 bits per heavy atom. The summed E-state index contributed by atoms with van der Waals surface area (Å²) >= 11 is 5.92. The molecule has 27 heavy (non-hydrogen) atoms.